The van der Waals surface area contributed by atoms with Gasteiger partial charge in [0, 0.05) is 28.2 Å². The predicted molar refractivity (Wildman–Crippen MR) is 90.5 cm³/mol. The Balaban J connectivity index is 2.11. The molecule has 0 spiro atoms. The Morgan fingerprint density at radius 2 is 1.83 bits per heavy atom. The van der Waals surface area contributed by atoms with E-state index in [1.54, 1.807) is 37.3 Å². The van der Waals surface area contributed by atoms with Crippen LogP contribution < -0.4 is 10.9 Å². The topological polar surface area (TPSA) is 71.3 Å². The number of hydrogen-bond donors (Lipinski definition) is 2. The molecule has 2 N–H and O–H groups in total. The van der Waals surface area contributed by atoms with Gasteiger partial charge >= 0.3 is 6.03 Å². The summed E-state index contributed by atoms with van der Waals surface area (Å²) in [6, 6.07) is 11.9. The summed E-state index contributed by atoms with van der Waals surface area (Å²) in [5.74, 6) is -0.0180. The number of fused-ring (bicyclic) bond motifs is 1. The van der Waals surface area contributed by atoms with Crippen molar-refractivity contribution in [1.29, 1.82) is 0 Å². The lowest BCUT2D eigenvalue weighted by Gasteiger charge is -2.12. The summed E-state index contributed by atoms with van der Waals surface area (Å²) in [6.45, 7) is 1.78. The predicted octanol–water partition coefficient (Wildman–Crippen LogP) is 3.75. The van der Waals surface area contributed by atoms with Gasteiger partial charge in [-0.05, 0) is 48.9 Å². The quantitative estimate of drug-likeness (QED) is 0.714. The van der Waals surface area contributed by atoms with Gasteiger partial charge in [0.2, 0.25) is 0 Å². The van der Waals surface area contributed by atoms with E-state index in [2.05, 4.69) is 5.32 Å². The number of phenolic OH excluding ortho intramolecular Hbond substituents is 1. The number of pyridine rings is 1. The second-order valence-corrected chi connectivity index (χ2v) is 5.58. The number of aryl methyl sites for hydroxylation is 1. The highest BCUT2D eigenvalue weighted by Gasteiger charge is 2.14. The first-order valence-electron chi connectivity index (χ1n) is 6.88. The summed E-state index contributed by atoms with van der Waals surface area (Å²) in [5, 5.41) is 13.6. The molecule has 0 saturated carbocycles. The van der Waals surface area contributed by atoms with Crippen LogP contribution in [0.5, 0.6) is 5.75 Å². The molecule has 23 heavy (non-hydrogen) atoms. The molecule has 0 aliphatic rings. The first-order valence-corrected chi connectivity index (χ1v) is 7.26. The molecular formula is C17H13ClN2O3. The summed E-state index contributed by atoms with van der Waals surface area (Å²) in [6.07, 6.45) is 0. The van der Waals surface area contributed by atoms with Crippen LogP contribution in [-0.4, -0.2) is 15.7 Å². The highest BCUT2D eigenvalue weighted by Crippen LogP contribution is 2.22. The minimum absolute atomic E-state index is 0.0180. The lowest BCUT2D eigenvalue weighted by molar-refractivity contribution is 0.253. The van der Waals surface area contributed by atoms with Crippen molar-refractivity contribution in [2.45, 2.75) is 6.92 Å². The molecule has 0 aliphatic carbocycles. The van der Waals surface area contributed by atoms with Gasteiger partial charge in [-0.3, -0.25) is 4.79 Å². The SMILES string of the molecule is Cc1cc(=O)n(C(=O)Nc2ccc(Cl)cc2)c2cc(O)ccc12. The first-order chi connectivity index (χ1) is 11.0. The third kappa shape index (κ3) is 2.91. The molecule has 116 valence electrons. The van der Waals surface area contributed by atoms with Crippen molar-refractivity contribution in [2.75, 3.05) is 5.32 Å². The number of benzene rings is 2. The molecule has 0 fully saturated rings. The summed E-state index contributed by atoms with van der Waals surface area (Å²) in [7, 11) is 0. The molecule has 1 amide bonds. The maximum absolute atomic E-state index is 12.5. The number of carbonyl (C=O) groups is 1. The smallest absolute Gasteiger partial charge is 0.333 e. The van der Waals surface area contributed by atoms with Gasteiger partial charge < -0.3 is 10.4 Å². The minimum Gasteiger partial charge on any atom is -0.508 e. The largest absolute Gasteiger partial charge is 0.508 e. The zero-order valence-electron chi connectivity index (χ0n) is 12.2. The van der Waals surface area contributed by atoms with Crippen molar-refractivity contribution in [3.63, 3.8) is 0 Å². The number of phenols is 1. The fourth-order valence-electron chi connectivity index (χ4n) is 2.41. The molecular weight excluding hydrogens is 316 g/mol. The van der Waals surface area contributed by atoms with Gasteiger partial charge in [-0.2, -0.15) is 0 Å². The first kappa shape index (κ1) is 15.1. The van der Waals surface area contributed by atoms with E-state index in [1.165, 1.54) is 18.2 Å². The number of anilines is 1. The molecule has 2 aromatic carbocycles. The fourth-order valence-corrected chi connectivity index (χ4v) is 2.53. The van der Waals surface area contributed by atoms with E-state index in [1.807, 2.05) is 0 Å². The van der Waals surface area contributed by atoms with Crippen molar-refractivity contribution >= 4 is 34.2 Å². The van der Waals surface area contributed by atoms with E-state index in [4.69, 9.17) is 11.6 Å². The van der Waals surface area contributed by atoms with Gasteiger partial charge in [0.15, 0.2) is 0 Å². The standard InChI is InChI=1S/C17H13ClN2O3/c1-10-8-16(22)20(15-9-13(21)6-7-14(10)15)17(23)19-12-4-2-11(18)3-5-12/h2-9,21H,1H3,(H,19,23). The summed E-state index contributed by atoms with van der Waals surface area (Å²) in [5.41, 5.74) is 1.13. The van der Waals surface area contributed by atoms with Crippen molar-refractivity contribution < 1.29 is 9.90 Å². The average molecular weight is 329 g/mol. The van der Waals surface area contributed by atoms with Gasteiger partial charge in [0.1, 0.15) is 5.75 Å². The molecule has 0 aliphatic heterocycles. The Bertz CT molecular complexity index is 962. The molecule has 1 heterocycles. The molecule has 6 heteroatoms. The van der Waals surface area contributed by atoms with E-state index in [-0.39, 0.29) is 5.75 Å². The van der Waals surface area contributed by atoms with Crippen LogP contribution in [0.15, 0.2) is 53.3 Å². The second-order valence-electron chi connectivity index (χ2n) is 5.14. The van der Waals surface area contributed by atoms with Crippen LogP contribution in [0.1, 0.15) is 5.56 Å². The van der Waals surface area contributed by atoms with Crippen LogP contribution >= 0.6 is 11.6 Å². The van der Waals surface area contributed by atoms with Crippen LogP contribution in [0.4, 0.5) is 10.5 Å². The van der Waals surface area contributed by atoms with E-state index in [9.17, 15) is 14.7 Å². The Morgan fingerprint density at radius 1 is 1.13 bits per heavy atom. The van der Waals surface area contributed by atoms with Crippen LogP contribution in [-0.2, 0) is 0 Å². The van der Waals surface area contributed by atoms with Gasteiger partial charge in [-0.1, -0.05) is 11.6 Å². The van der Waals surface area contributed by atoms with Crippen LogP contribution in [0.3, 0.4) is 0 Å². The lowest BCUT2D eigenvalue weighted by Crippen LogP contribution is -2.31. The van der Waals surface area contributed by atoms with Gasteiger partial charge in [-0.25, -0.2) is 9.36 Å². The molecule has 0 unspecified atom stereocenters. The zero-order chi connectivity index (χ0) is 16.6. The molecule has 3 rings (SSSR count). The molecule has 5 nitrogen and oxygen atoms in total. The lowest BCUT2D eigenvalue weighted by atomic mass is 10.1. The number of aromatic hydroxyl groups is 1. The number of halogens is 1. The van der Waals surface area contributed by atoms with Gasteiger partial charge in [0.05, 0.1) is 5.52 Å². The maximum Gasteiger partial charge on any atom is 0.333 e. The highest BCUT2D eigenvalue weighted by molar-refractivity contribution is 6.30. The summed E-state index contributed by atoms with van der Waals surface area (Å²) in [4.78, 5) is 24.7. The zero-order valence-corrected chi connectivity index (χ0v) is 13.0. The highest BCUT2D eigenvalue weighted by atomic mass is 35.5. The fraction of sp³-hybridized carbons (Fsp3) is 0.0588. The number of amides is 1. The Kier molecular flexibility index (Phi) is 3.80. The van der Waals surface area contributed by atoms with Crippen molar-refractivity contribution in [3.8, 4) is 5.75 Å². The van der Waals surface area contributed by atoms with Crippen LogP contribution in [0.25, 0.3) is 10.9 Å². The van der Waals surface area contributed by atoms with E-state index < -0.39 is 11.6 Å². The summed E-state index contributed by atoms with van der Waals surface area (Å²) < 4.78 is 0.997. The van der Waals surface area contributed by atoms with E-state index in [0.29, 0.717) is 21.6 Å². The molecule has 0 bridgehead atoms. The number of nitrogens with zero attached hydrogens (tertiary/aromatic N) is 1. The van der Waals surface area contributed by atoms with Crippen LogP contribution in [0.2, 0.25) is 5.02 Å². The van der Waals surface area contributed by atoms with Gasteiger partial charge in [0.25, 0.3) is 5.56 Å². The van der Waals surface area contributed by atoms with Crippen LogP contribution in [0, 0.1) is 6.92 Å². The average Bonchev–Trinajstić information content (AvgIpc) is 2.49. The molecule has 1 aromatic heterocycles. The summed E-state index contributed by atoms with van der Waals surface area (Å²) >= 11 is 5.81. The molecule has 0 radical (unpaired) electrons. The number of carbonyl (C=O) groups excluding carboxylic acids is 1. The van der Waals surface area contributed by atoms with E-state index >= 15 is 0 Å². The third-order valence-corrected chi connectivity index (χ3v) is 3.76. The van der Waals surface area contributed by atoms with E-state index in [0.717, 1.165) is 10.1 Å². The second kappa shape index (κ2) is 5.78. The Morgan fingerprint density at radius 3 is 2.52 bits per heavy atom. The molecule has 3 aromatic rings. The Labute approximate surface area is 136 Å². The third-order valence-electron chi connectivity index (χ3n) is 3.51. The van der Waals surface area contributed by atoms with Crippen molar-refractivity contribution in [3.05, 3.63) is 69.5 Å². The Hall–Kier alpha value is -2.79. The number of aromatic nitrogens is 1. The maximum atomic E-state index is 12.5. The van der Waals surface area contributed by atoms with Crippen molar-refractivity contribution in [2.24, 2.45) is 0 Å². The molecule has 0 atom stereocenters. The number of nitrogens with one attached hydrogen (secondary N) is 1. The minimum atomic E-state index is -0.604. The number of rotatable bonds is 1. The molecule has 0 saturated heterocycles. The number of hydrogen-bond acceptors (Lipinski definition) is 3. The van der Waals surface area contributed by atoms with Gasteiger partial charge in [-0.15, -0.1) is 0 Å². The van der Waals surface area contributed by atoms with Crippen molar-refractivity contribution in [1.82, 2.24) is 4.57 Å². The normalized spacial score (nSPS) is 10.7. The monoisotopic (exact) mass is 328 g/mol.